The molecule has 2 heterocycles. The molecule has 134 valence electrons. The van der Waals surface area contributed by atoms with E-state index in [1.165, 1.54) is 5.56 Å². The molecule has 24 heavy (non-hydrogen) atoms. The number of hydrogen-bond donors (Lipinski definition) is 2. The van der Waals surface area contributed by atoms with E-state index in [1.807, 2.05) is 0 Å². The van der Waals surface area contributed by atoms with Gasteiger partial charge in [0, 0.05) is 44.9 Å². The van der Waals surface area contributed by atoms with Crippen molar-refractivity contribution >= 4 is 29.9 Å². The first-order valence-corrected chi connectivity index (χ1v) is 8.58. The van der Waals surface area contributed by atoms with Crippen LogP contribution in [0.15, 0.2) is 35.3 Å². The van der Waals surface area contributed by atoms with Gasteiger partial charge in [-0.1, -0.05) is 30.3 Å². The molecule has 2 aliphatic heterocycles. The first kappa shape index (κ1) is 19.5. The Bertz CT molecular complexity index is 531. The molecule has 5 nitrogen and oxygen atoms in total. The van der Waals surface area contributed by atoms with Crippen LogP contribution in [0, 0.1) is 0 Å². The van der Waals surface area contributed by atoms with Gasteiger partial charge in [-0.25, -0.2) is 0 Å². The van der Waals surface area contributed by atoms with Crippen molar-refractivity contribution in [3.8, 4) is 0 Å². The number of likely N-dealkylation sites (N-methyl/N-ethyl adjacent to an activating group) is 1. The Labute approximate surface area is 162 Å². The third-order valence-electron chi connectivity index (χ3n) is 4.92. The predicted octanol–water partition coefficient (Wildman–Crippen LogP) is 2.40. The predicted molar refractivity (Wildman–Crippen MR) is 109 cm³/mol. The molecule has 0 saturated carbocycles. The summed E-state index contributed by atoms with van der Waals surface area (Å²) in [7, 11) is 2.09. The Balaban J connectivity index is 0.00000208. The van der Waals surface area contributed by atoms with Crippen LogP contribution in [0.4, 0.5) is 0 Å². The maximum absolute atomic E-state index is 5.60. The summed E-state index contributed by atoms with van der Waals surface area (Å²) in [5, 5.41) is 7.43. The van der Waals surface area contributed by atoms with Crippen LogP contribution in [0.1, 0.15) is 31.4 Å². The Morgan fingerprint density at radius 3 is 2.58 bits per heavy atom. The zero-order chi connectivity index (χ0) is 16.1. The smallest absolute Gasteiger partial charge is 0.193 e. The highest BCUT2D eigenvalue weighted by molar-refractivity contribution is 14.0. The van der Waals surface area contributed by atoms with Crippen LogP contribution < -0.4 is 10.6 Å². The minimum absolute atomic E-state index is 0. The number of aliphatic imine (C=N–C) groups is 1. The fourth-order valence-corrected chi connectivity index (χ4v) is 3.39. The SMILES string of the molecule is CC(NC1(CNC2=NCCN2C)CCOCC1)c1ccccc1.I. The van der Waals surface area contributed by atoms with E-state index in [1.54, 1.807) is 0 Å². The number of rotatable bonds is 5. The molecule has 3 rings (SSSR count). The normalized spacial score (nSPS) is 20.9. The van der Waals surface area contributed by atoms with Gasteiger partial charge in [-0.3, -0.25) is 4.99 Å². The van der Waals surface area contributed by atoms with Crippen LogP contribution in [0.3, 0.4) is 0 Å². The van der Waals surface area contributed by atoms with Gasteiger partial charge in [-0.05, 0) is 25.3 Å². The summed E-state index contributed by atoms with van der Waals surface area (Å²) in [6.07, 6.45) is 2.04. The monoisotopic (exact) mass is 444 g/mol. The van der Waals surface area contributed by atoms with Gasteiger partial charge in [0.1, 0.15) is 0 Å². The van der Waals surface area contributed by atoms with Crippen LogP contribution in [-0.2, 0) is 4.74 Å². The Hall–Kier alpha value is -0.860. The summed E-state index contributed by atoms with van der Waals surface area (Å²) in [5.41, 5.74) is 1.38. The van der Waals surface area contributed by atoms with E-state index >= 15 is 0 Å². The van der Waals surface area contributed by atoms with Crippen LogP contribution >= 0.6 is 24.0 Å². The molecular weight excluding hydrogens is 415 g/mol. The number of ether oxygens (including phenoxy) is 1. The van der Waals surface area contributed by atoms with Gasteiger partial charge in [0.2, 0.25) is 0 Å². The average molecular weight is 444 g/mol. The fourth-order valence-electron chi connectivity index (χ4n) is 3.39. The molecule has 1 fully saturated rings. The van der Waals surface area contributed by atoms with Gasteiger partial charge in [-0.15, -0.1) is 24.0 Å². The third-order valence-corrected chi connectivity index (χ3v) is 4.92. The van der Waals surface area contributed by atoms with E-state index in [-0.39, 0.29) is 29.5 Å². The van der Waals surface area contributed by atoms with E-state index in [0.29, 0.717) is 6.04 Å². The van der Waals surface area contributed by atoms with Gasteiger partial charge < -0.3 is 20.3 Å². The minimum Gasteiger partial charge on any atom is -0.381 e. The lowest BCUT2D eigenvalue weighted by atomic mass is 9.88. The molecule has 0 radical (unpaired) electrons. The zero-order valence-electron chi connectivity index (χ0n) is 14.6. The second-order valence-corrected chi connectivity index (χ2v) is 6.65. The quantitative estimate of drug-likeness (QED) is 0.685. The summed E-state index contributed by atoms with van der Waals surface area (Å²) in [5.74, 6) is 1.02. The molecular formula is C18H29IN4O. The van der Waals surface area contributed by atoms with Crippen molar-refractivity contribution in [3.05, 3.63) is 35.9 Å². The molecule has 1 aromatic rings. The van der Waals surface area contributed by atoms with Crippen molar-refractivity contribution in [2.45, 2.75) is 31.3 Å². The first-order chi connectivity index (χ1) is 11.2. The molecule has 0 aliphatic carbocycles. The van der Waals surface area contributed by atoms with Crippen molar-refractivity contribution < 1.29 is 4.74 Å². The van der Waals surface area contributed by atoms with Crippen LogP contribution in [0.2, 0.25) is 0 Å². The van der Waals surface area contributed by atoms with E-state index in [0.717, 1.165) is 51.6 Å². The zero-order valence-corrected chi connectivity index (χ0v) is 17.0. The van der Waals surface area contributed by atoms with E-state index < -0.39 is 0 Å². The number of guanidine groups is 1. The molecule has 6 heteroatoms. The minimum atomic E-state index is 0. The van der Waals surface area contributed by atoms with E-state index in [4.69, 9.17) is 4.74 Å². The summed E-state index contributed by atoms with van der Waals surface area (Å²) < 4.78 is 5.60. The fraction of sp³-hybridized carbons (Fsp3) is 0.611. The van der Waals surface area contributed by atoms with Gasteiger partial charge in [-0.2, -0.15) is 0 Å². The summed E-state index contributed by atoms with van der Waals surface area (Å²) in [4.78, 5) is 6.73. The number of hydrogen-bond acceptors (Lipinski definition) is 5. The Morgan fingerprint density at radius 2 is 1.96 bits per heavy atom. The van der Waals surface area contributed by atoms with E-state index in [9.17, 15) is 0 Å². The standard InChI is InChI=1S/C18H28N4O.HI/c1-15(16-6-4-3-5-7-16)21-18(8-12-23-13-9-18)14-20-17-19-10-11-22(17)2;/h3-7,15,21H,8-14H2,1-2H3,(H,19,20);1H. The lowest BCUT2D eigenvalue weighted by Crippen LogP contribution is -2.58. The molecule has 0 spiro atoms. The van der Waals surface area contributed by atoms with Crippen molar-refractivity contribution in [1.82, 2.24) is 15.5 Å². The number of nitrogens with one attached hydrogen (secondary N) is 2. The highest BCUT2D eigenvalue weighted by Gasteiger charge is 2.34. The first-order valence-electron chi connectivity index (χ1n) is 8.58. The van der Waals surface area contributed by atoms with Gasteiger partial charge in [0.15, 0.2) is 5.96 Å². The summed E-state index contributed by atoms with van der Waals surface area (Å²) in [6.45, 7) is 6.66. The number of nitrogens with zero attached hydrogens (tertiary/aromatic N) is 2. The largest absolute Gasteiger partial charge is 0.381 e. The summed E-state index contributed by atoms with van der Waals surface area (Å²) >= 11 is 0. The summed E-state index contributed by atoms with van der Waals surface area (Å²) in [6, 6.07) is 11.0. The molecule has 1 unspecified atom stereocenters. The maximum atomic E-state index is 5.60. The number of benzene rings is 1. The lowest BCUT2D eigenvalue weighted by molar-refractivity contribution is 0.0353. The number of halogens is 1. The second-order valence-electron chi connectivity index (χ2n) is 6.65. The van der Waals surface area contributed by atoms with Crippen LogP contribution in [-0.4, -0.2) is 56.3 Å². The van der Waals surface area contributed by atoms with Crippen molar-refractivity contribution in [2.24, 2.45) is 4.99 Å². The van der Waals surface area contributed by atoms with E-state index in [2.05, 4.69) is 64.8 Å². The topological polar surface area (TPSA) is 48.9 Å². The highest BCUT2D eigenvalue weighted by atomic mass is 127. The molecule has 0 aromatic heterocycles. The molecule has 0 amide bonds. The van der Waals surface area contributed by atoms with Gasteiger partial charge in [0.05, 0.1) is 6.54 Å². The maximum Gasteiger partial charge on any atom is 0.193 e. The van der Waals surface area contributed by atoms with Crippen molar-refractivity contribution in [3.63, 3.8) is 0 Å². The third kappa shape index (κ3) is 4.83. The molecule has 1 atom stereocenters. The average Bonchev–Trinajstić information content (AvgIpc) is 3.00. The molecule has 1 saturated heterocycles. The molecule has 0 bridgehead atoms. The van der Waals surface area contributed by atoms with Crippen molar-refractivity contribution in [2.75, 3.05) is 39.9 Å². The van der Waals surface area contributed by atoms with Crippen molar-refractivity contribution in [1.29, 1.82) is 0 Å². The van der Waals surface area contributed by atoms with Crippen LogP contribution in [0.25, 0.3) is 0 Å². The molecule has 1 aromatic carbocycles. The van der Waals surface area contributed by atoms with Crippen LogP contribution in [0.5, 0.6) is 0 Å². The van der Waals surface area contributed by atoms with Gasteiger partial charge in [0.25, 0.3) is 0 Å². The Kier molecular flexibility index (Phi) is 7.31. The highest BCUT2D eigenvalue weighted by Crippen LogP contribution is 2.25. The lowest BCUT2D eigenvalue weighted by Gasteiger charge is -2.41. The molecule has 2 aliphatic rings. The molecule has 2 N–H and O–H groups in total. The second kappa shape index (κ2) is 9.01. The van der Waals surface area contributed by atoms with Gasteiger partial charge >= 0.3 is 0 Å². The Morgan fingerprint density at radius 1 is 1.25 bits per heavy atom.